The summed E-state index contributed by atoms with van der Waals surface area (Å²) in [5.41, 5.74) is 4.26. The Balaban J connectivity index is 2.55. The summed E-state index contributed by atoms with van der Waals surface area (Å²) in [6.45, 7) is 13.6. The summed E-state index contributed by atoms with van der Waals surface area (Å²) < 4.78 is 0. The number of benzene rings is 1. The predicted octanol–water partition coefficient (Wildman–Crippen LogP) is 4.55. The van der Waals surface area contributed by atoms with Crippen molar-refractivity contribution in [3.8, 4) is 5.75 Å². The lowest BCUT2D eigenvalue weighted by Gasteiger charge is -2.22. The monoisotopic (exact) mass is 246 g/mol. The predicted molar refractivity (Wildman–Crippen MR) is 77.3 cm³/mol. The van der Waals surface area contributed by atoms with Crippen molar-refractivity contribution in [1.29, 1.82) is 0 Å². The van der Waals surface area contributed by atoms with E-state index in [1.54, 1.807) is 0 Å². The molecule has 0 fully saturated rings. The van der Waals surface area contributed by atoms with Crippen molar-refractivity contribution in [1.82, 2.24) is 0 Å². The lowest BCUT2D eigenvalue weighted by atomic mass is 9.82. The van der Waals surface area contributed by atoms with Crippen LogP contribution in [0.4, 0.5) is 0 Å². The van der Waals surface area contributed by atoms with Crippen LogP contribution in [0.2, 0.25) is 0 Å². The molecule has 0 aliphatic heterocycles. The van der Waals surface area contributed by atoms with Crippen LogP contribution in [0.3, 0.4) is 0 Å². The molecule has 18 heavy (non-hydrogen) atoms. The molecule has 1 aromatic carbocycles. The molecule has 0 atom stereocenters. The van der Waals surface area contributed by atoms with Crippen LogP contribution < -0.4 is 0 Å². The van der Waals surface area contributed by atoms with Gasteiger partial charge in [-0.1, -0.05) is 47.6 Å². The second kappa shape index (κ2) is 4.01. The Morgan fingerprint density at radius 3 is 2.06 bits per heavy atom. The van der Waals surface area contributed by atoms with Crippen LogP contribution in [0.1, 0.15) is 64.7 Å². The summed E-state index contributed by atoms with van der Waals surface area (Å²) in [4.78, 5) is 0. The van der Waals surface area contributed by atoms with Crippen LogP contribution >= 0.6 is 0 Å². The van der Waals surface area contributed by atoms with Crippen molar-refractivity contribution in [2.45, 2.75) is 65.2 Å². The van der Waals surface area contributed by atoms with Gasteiger partial charge in [0.25, 0.3) is 0 Å². The smallest absolute Gasteiger partial charge is 0.119 e. The molecule has 1 aromatic rings. The standard InChI is InChI=1S/C17H26O/c1-11(2)7-12-8-13-14(9-15(12)18)17(5,6)10-16(13,3)4/h8-9,11,18H,7,10H2,1-6H3. The Morgan fingerprint density at radius 1 is 1.06 bits per heavy atom. The van der Waals surface area contributed by atoms with Crippen LogP contribution in [-0.4, -0.2) is 5.11 Å². The van der Waals surface area contributed by atoms with Gasteiger partial charge in [-0.2, -0.15) is 0 Å². The van der Waals surface area contributed by atoms with E-state index in [4.69, 9.17) is 0 Å². The van der Waals surface area contributed by atoms with Crippen LogP contribution in [0.25, 0.3) is 0 Å². The largest absolute Gasteiger partial charge is 0.508 e. The van der Waals surface area contributed by atoms with Crippen molar-refractivity contribution in [2.24, 2.45) is 5.92 Å². The normalized spacial score (nSPS) is 20.2. The zero-order valence-electron chi connectivity index (χ0n) is 12.6. The number of phenols is 1. The fourth-order valence-electron chi connectivity index (χ4n) is 3.65. The summed E-state index contributed by atoms with van der Waals surface area (Å²) in [6.07, 6.45) is 2.11. The van der Waals surface area contributed by atoms with E-state index in [2.05, 4.69) is 47.6 Å². The van der Waals surface area contributed by atoms with E-state index in [9.17, 15) is 5.11 Å². The Labute approximate surface area is 111 Å². The summed E-state index contributed by atoms with van der Waals surface area (Å²) in [5.74, 6) is 1.06. The highest BCUT2D eigenvalue weighted by atomic mass is 16.3. The zero-order chi connectivity index (χ0) is 13.7. The van der Waals surface area contributed by atoms with E-state index in [-0.39, 0.29) is 10.8 Å². The molecule has 2 rings (SSSR count). The van der Waals surface area contributed by atoms with Gasteiger partial charge in [-0.3, -0.25) is 0 Å². The second-order valence-corrected chi connectivity index (χ2v) is 7.57. The summed E-state index contributed by atoms with van der Waals surface area (Å²) in [7, 11) is 0. The zero-order valence-corrected chi connectivity index (χ0v) is 12.6. The first kappa shape index (κ1) is 13.5. The van der Waals surface area contributed by atoms with E-state index in [1.807, 2.05) is 6.07 Å². The molecule has 1 N–H and O–H groups in total. The maximum absolute atomic E-state index is 10.2. The molecular weight excluding hydrogens is 220 g/mol. The van der Waals surface area contributed by atoms with Crippen LogP contribution in [0.5, 0.6) is 5.75 Å². The minimum absolute atomic E-state index is 0.173. The first-order chi connectivity index (χ1) is 8.13. The van der Waals surface area contributed by atoms with Crippen molar-refractivity contribution in [2.75, 3.05) is 0 Å². The molecule has 0 spiro atoms. The molecule has 0 heterocycles. The van der Waals surface area contributed by atoms with Crippen LogP contribution in [0.15, 0.2) is 12.1 Å². The minimum Gasteiger partial charge on any atom is -0.508 e. The van der Waals surface area contributed by atoms with E-state index < -0.39 is 0 Å². The number of fused-ring (bicyclic) bond motifs is 1. The first-order valence-corrected chi connectivity index (χ1v) is 7.00. The van der Waals surface area contributed by atoms with E-state index >= 15 is 0 Å². The van der Waals surface area contributed by atoms with Gasteiger partial charge in [0.2, 0.25) is 0 Å². The molecule has 1 aliphatic carbocycles. The highest BCUT2D eigenvalue weighted by Gasteiger charge is 2.42. The summed E-state index contributed by atoms with van der Waals surface area (Å²) in [6, 6.07) is 4.27. The molecule has 1 aliphatic rings. The van der Waals surface area contributed by atoms with Crippen LogP contribution in [-0.2, 0) is 17.3 Å². The maximum Gasteiger partial charge on any atom is 0.119 e. The van der Waals surface area contributed by atoms with Crippen molar-refractivity contribution >= 4 is 0 Å². The third-order valence-corrected chi connectivity index (χ3v) is 4.19. The lowest BCUT2D eigenvalue weighted by Crippen LogP contribution is -2.18. The van der Waals surface area contributed by atoms with Crippen molar-refractivity contribution < 1.29 is 5.11 Å². The molecule has 1 nitrogen and oxygen atoms in total. The lowest BCUT2D eigenvalue weighted by molar-refractivity contribution is 0.402. The molecule has 0 bridgehead atoms. The third kappa shape index (κ3) is 2.15. The number of rotatable bonds is 2. The molecule has 0 unspecified atom stereocenters. The van der Waals surface area contributed by atoms with Gasteiger partial charge in [0, 0.05) is 0 Å². The Bertz CT molecular complexity index is 467. The molecule has 0 aromatic heterocycles. The number of aromatic hydroxyl groups is 1. The first-order valence-electron chi connectivity index (χ1n) is 7.00. The van der Waals surface area contributed by atoms with Gasteiger partial charge in [-0.25, -0.2) is 0 Å². The molecule has 0 amide bonds. The fraction of sp³-hybridized carbons (Fsp3) is 0.647. The van der Waals surface area contributed by atoms with Gasteiger partial charge in [-0.05, 0) is 52.3 Å². The van der Waals surface area contributed by atoms with Gasteiger partial charge in [-0.15, -0.1) is 0 Å². The highest BCUT2D eigenvalue weighted by Crippen LogP contribution is 2.50. The minimum atomic E-state index is 0.173. The Hall–Kier alpha value is -0.980. The van der Waals surface area contributed by atoms with Gasteiger partial charge in [0.15, 0.2) is 0 Å². The second-order valence-electron chi connectivity index (χ2n) is 7.57. The fourth-order valence-corrected chi connectivity index (χ4v) is 3.65. The van der Waals surface area contributed by atoms with E-state index in [0.29, 0.717) is 11.7 Å². The van der Waals surface area contributed by atoms with Crippen molar-refractivity contribution in [3.63, 3.8) is 0 Å². The quantitative estimate of drug-likeness (QED) is 0.811. The topological polar surface area (TPSA) is 20.2 Å². The molecule has 0 saturated carbocycles. The summed E-state index contributed by atoms with van der Waals surface area (Å²) in [5, 5.41) is 10.2. The molecule has 0 radical (unpaired) electrons. The highest BCUT2D eigenvalue weighted by molar-refractivity contribution is 5.51. The van der Waals surface area contributed by atoms with E-state index in [0.717, 1.165) is 18.4 Å². The molecule has 0 saturated heterocycles. The van der Waals surface area contributed by atoms with Gasteiger partial charge >= 0.3 is 0 Å². The molecular formula is C17H26O. The summed E-state index contributed by atoms with van der Waals surface area (Å²) >= 11 is 0. The Kier molecular flexibility index (Phi) is 3.00. The van der Waals surface area contributed by atoms with Crippen molar-refractivity contribution in [3.05, 3.63) is 28.8 Å². The molecule has 1 heteroatoms. The number of phenolic OH excluding ortho intramolecular Hbond substituents is 1. The number of hydrogen-bond donors (Lipinski definition) is 1. The maximum atomic E-state index is 10.2. The van der Waals surface area contributed by atoms with Gasteiger partial charge < -0.3 is 5.11 Å². The van der Waals surface area contributed by atoms with Crippen LogP contribution in [0, 0.1) is 5.92 Å². The Morgan fingerprint density at radius 2 is 1.56 bits per heavy atom. The average molecular weight is 246 g/mol. The van der Waals surface area contributed by atoms with Gasteiger partial charge in [0.1, 0.15) is 5.75 Å². The van der Waals surface area contributed by atoms with Gasteiger partial charge in [0.05, 0.1) is 0 Å². The SMILES string of the molecule is CC(C)Cc1cc2c(cc1O)C(C)(C)CC2(C)C. The third-order valence-electron chi connectivity index (χ3n) is 4.19. The number of hydrogen-bond acceptors (Lipinski definition) is 1. The van der Waals surface area contributed by atoms with E-state index in [1.165, 1.54) is 11.1 Å². The average Bonchev–Trinajstić information content (AvgIpc) is 2.33. The molecule has 100 valence electrons.